The van der Waals surface area contributed by atoms with Crippen molar-refractivity contribution >= 4 is 41.2 Å². The second-order valence-corrected chi connectivity index (χ2v) is 7.17. The Labute approximate surface area is 165 Å². The summed E-state index contributed by atoms with van der Waals surface area (Å²) in [4.78, 5) is 49.5. The topological polar surface area (TPSA) is 104 Å². The van der Waals surface area contributed by atoms with Crippen molar-refractivity contribution in [2.24, 2.45) is 0 Å². The van der Waals surface area contributed by atoms with Crippen molar-refractivity contribution in [3.8, 4) is 0 Å². The molecule has 1 heterocycles. The van der Waals surface area contributed by atoms with Crippen molar-refractivity contribution in [2.45, 2.75) is 23.5 Å². The number of nitrogens with zero attached hydrogens (tertiary/aromatic N) is 1. The standard InChI is InChI=1S/C20H17NO6S/c1-2-27-20(26)12-7-9-13(10-8-12)21-17(22)11-16(18(21)23)28-15-6-4-3-5-14(15)19(24)25/h3-10,16H,2,11H2,1H3,(H,24,25)/p-1/t16-/m1/s1. The fourth-order valence-electron chi connectivity index (χ4n) is 2.82. The van der Waals surface area contributed by atoms with Gasteiger partial charge < -0.3 is 14.6 Å². The highest BCUT2D eigenvalue weighted by Crippen LogP contribution is 2.35. The Kier molecular flexibility index (Phi) is 5.79. The number of carbonyl (C=O) groups is 4. The molecule has 0 bridgehead atoms. The van der Waals surface area contributed by atoms with E-state index in [-0.39, 0.29) is 18.6 Å². The molecule has 1 atom stereocenters. The summed E-state index contributed by atoms with van der Waals surface area (Å²) in [5.74, 6) is -2.66. The zero-order valence-corrected chi connectivity index (χ0v) is 15.7. The number of hydrogen-bond donors (Lipinski definition) is 0. The molecule has 0 unspecified atom stereocenters. The van der Waals surface area contributed by atoms with E-state index in [4.69, 9.17) is 4.74 Å². The summed E-state index contributed by atoms with van der Waals surface area (Å²) in [6.45, 7) is 1.94. The molecule has 3 rings (SSSR count). The van der Waals surface area contributed by atoms with Crippen LogP contribution >= 0.6 is 11.8 Å². The molecule has 0 saturated carbocycles. The molecule has 1 aliphatic rings. The smallest absolute Gasteiger partial charge is 0.338 e. The van der Waals surface area contributed by atoms with Crippen molar-refractivity contribution in [1.82, 2.24) is 0 Å². The number of hydrogen-bond acceptors (Lipinski definition) is 7. The first-order valence-corrected chi connectivity index (χ1v) is 9.41. The summed E-state index contributed by atoms with van der Waals surface area (Å²) in [6.07, 6.45) is -0.0511. The van der Waals surface area contributed by atoms with Crippen LogP contribution in [-0.4, -0.2) is 35.6 Å². The number of carboxylic acids is 1. The number of aromatic carboxylic acids is 1. The van der Waals surface area contributed by atoms with Crippen LogP contribution in [0.5, 0.6) is 0 Å². The first kappa shape index (κ1) is 19.6. The van der Waals surface area contributed by atoms with Gasteiger partial charge in [0, 0.05) is 16.9 Å². The van der Waals surface area contributed by atoms with Gasteiger partial charge >= 0.3 is 5.97 Å². The van der Waals surface area contributed by atoms with Gasteiger partial charge in [-0.3, -0.25) is 9.59 Å². The monoisotopic (exact) mass is 398 g/mol. The van der Waals surface area contributed by atoms with Gasteiger partial charge in [-0.1, -0.05) is 18.2 Å². The van der Waals surface area contributed by atoms with E-state index in [1.807, 2.05) is 0 Å². The van der Waals surface area contributed by atoms with Crippen LogP contribution < -0.4 is 10.0 Å². The summed E-state index contributed by atoms with van der Waals surface area (Å²) in [7, 11) is 0. The van der Waals surface area contributed by atoms with E-state index in [1.165, 1.54) is 30.3 Å². The van der Waals surface area contributed by atoms with Gasteiger partial charge in [-0.25, -0.2) is 9.69 Å². The summed E-state index contributed by atoms with van der Waals surface area (Å²) in [5, 5.41) is 10.5. The average Bonchev–Trinajstić information content (AvgIpc) is 2.95. The molecule has 8 heteroatoms. The lowest BCUT2D eigenvalue weighted by Gasteiger charge is -2.16. The molecule has 0 aliphatic carbocycles. The fourth-order valence-corrected chi connectivity index (χ4v) is 3.99. The molecule has 0 N–H and O–H groups in total. The van der Waals surface area contributed by atoms with Crippen LogP contribution in [0.1, 0.15) is 34.1 Å². The Morgan fingerprint density at radius 2 is 1.82 bits per heavy atom. The van der Waals surface area contributed by atoms with E-state index in [0.717, 1.165) is 16.7 Å². The second-order valence-electron chi connectivity index (χ2n) is 5.93. The van der Waals surface area contributed by atoms with Gasteiger partial charge in [0.05, 0.1) is 29.1 Å². The average molecular weight is 398 g/mol. The van der Waals surface area contributed by atoms with E-state index in [0.29, 0.717) is 16.1 Å². The number of carbonyl (C=O) groups excluding carboxylic acids is 4. The quantitative estimate of drug-likeness (QED) is 0.538. The molecule has 2 amide bonds. The number of esters is 1. The maximum atomic E-state index is 12.8. The maximum Gasteiger partial charge on any atom is 0.338 e. The van der Waals surface area contributed by atoms with Crippen LogP contribution in [-0.2, 0) is 14.3 Å². The van der Waals surface area contributed by atoms with Crippen LogP contribution in [0.25, 0.3) is 0 Å². The molecule has 2 aromatic rings. The molecule has 7 nitrogen and oxygen atoms in total. The van der Waals surface area contributed by atoms with E-state index < -0.39 is 29.0 Å². The van der Waals surface area contributed by atoms with E-state index in [2.05, 4.69) is 0 Å². The Hall–Kier alpha value is -3.13. The lowest BCUT2D eigenvalue weighted by atomic mass is 10.2. The largest absolute Gasteiger partial charge is 0.545 e. The SMILES string of the molecule is CCOC(=O)c1ccc(N2C(=O)C[C@@H](Sc3ccccc3C(=O)[O-])C2=O)cc1. The van der Waals surface area contributed by atoms with E-state index in [1.54, 1.807) is 25.1 Å². The Morgan fingerprint density at radius 1 is 1.14 bits per heavy atom. The van der Waals surface area contributed by atoms with Crippen molar-refractivity contribution in [1.29, 1.82) is 0 Å². The summed E-state index contributed by atoms with van der Waals surface area (Å²) < 4.78 is 4.91. The number of amides is 2. The molecule has 1 aliphatic heterocycles. The van der Waals surface area contributed by atoms with Crippen LogP contribution in [0.3, 0.4) is 0 Å². The molecule has 0 spiro atoms. The minimum absolute atomic E-state index is 0.0232. The minimum Gasteiger partial charge on any atom is -0.545 e. The van der Waals surface area contributed by atoms with Crippen molar-refractivity contribution < 1.29 is 29.0 Å². The summed E-state index contributed by atoms with van der Waals surface area (Å²) in [5.41, 5.74) is 0.642. The Morgan fingerprint density at radius 3 is 2.46 bits per heavy atom. The second kappa shape index (κ2) is 8.26. The molecule has 1 fully saturated rings. The summed E-state index contributed by atoms with van der Waals surface area (Å²) in [6, 6.07) is 12.2. The molecule has 1 saturated heterocycles. The lowest BCUT2D eigenvalue weighted by molar-refractivity contribution is -0.255. The van der Waals surface area contributed by atoms with Crippen LogP contribution in [0.15, 0.2) is 53.4 Å². The number of benzene rings is 2. The number of anilines is 1. The fraction of sp³-hybridized carbons (Fsp3) is 0.200. The van der Waals surface area contributed by atoms with Crippen molar-refractivity contribution in [3.63, 3.8) is 0 Å². The Balaban J connectivity index is 1.79. The molecule has 28 heavy (non-hydrogen) atoms. The van der Waals surface area contributed by atoms with Crippen molar-refractivity contribution in [2.75, 3.05) is 11.5 Å². The van der Waals surface area contributed by atoms with Gasteiger partial charge in [-0.2, -0.15) is 0 Å². The van der Waals surface area contributed by atoms with Gasteiger partial charge in [0.2, 0.25) is 11.8 Å². The molecule has 0 aromatic heterocycles. The molecule has 144 valence electrons. The third-order valence-electron chi connectivity index (χ3n) is 4.12. The van der Waals surface area contributed by atoms with E-state index >= 15 is 0 Å². The zero-order chi connectivity index (χ0) is 20.3. The zero-order valence-electron chi connectivity index (χ0n) is 14.9. The minimum atomic E-state index is -1.34. The third-order valence-corrected chi connectivity index (χ3v) is 5.38. The van der Waals surface area contributed by atoms with Gasteiger partial charge in [-0.05, 0) is 37.3 Å². The van der Waals surface area contributed by atoms with Crippen molar-refractivity contribution in [3.05, 3.63) is 59.7 Å². The predicted octanol–water partition coefficient (Wildman–Crippen LogP) is 1.65. The normalized spacial score (nSPS) is 16.3. The highest BCUT2D eigenvalue weighted by molar-refractivity contribution is 8.00. The number of carboxylic acid groups (broad SMARTS) is 1. The summed E-state index contributed by atoms with van der Waals surface area (Å²) >= 11 is 1.02. The van der Waals surface area contributed by atoms with Crippen LogP contribution in [0, 0.1) is 0 Å². The predicted molar refractivity (Wildman–Crippen MR) is 99.9 cm³/mol. The van der Waals surface area contributed by atoms with E-state index in [9.17, 15) is 24.3 Å². The van der Waals surface area contributed by atoms with Gasteiger partial charge in [0.25, 0.3) is 0 Å². The highest BCUT2D eigenvalue weighted by Gasteiger charge is 2.40. The third kappa shape index (κ3) is 3.91. The molecular weight excluding hydrogens is 382 g/mol. The first-order valence-electron chi connectivity index (χ1n) is 8.53. The molecule has 2 aromatic carbocycles. The first-order chi connectivity index (χ1) is 13.4. The molecule has 0 radical (unpaired) electrons. The number of rotatable bonds is 6. The van der Waals surface area contributed by atoms with Gasteiger partial charge in [0.15, 0.2) is 0 Å². The number of imide groups is 1. The highest BCUT2D eigenvalue weighted by atomic mass is 32.2. The number of thioether (sulfide) groups is 1. The lowest BCUT2D eigenvalue weighted by Crippen LogP contribution is -2.31. The van der Waals surface area contributed by atoms with Gasteiger partial charge in [0.1, 0.15) is 0 Å². The molecular formula is C20H16NO6S-. The van der Waals surface area contributed by atoms with Gasteiger partial charge in [-0.15, -0.1) is 11.8 Å². The van der Waals surface area contributed by atoms with Crippen LogP contribution in [0.4, 0.5) is 5.69 Å². The Bertz CT molecular complexity index is 940. The van der Waals surface area contributed by atoms with Crippen LogP contribution in [0.2, 0.25) is 0 Å². The maximum absolute atomic E-state index is 12.8. The number of ether oxygens (including phenoxy) is 1.